The van der Waals surface area contributed by atoms with Crippen molar-refractivity contribution >= 4 is 38.9 Å². The number of piperazine rings is 1. The highest BCUT2D eigenvalue weighted by Gasteiger charge is 2.31. The van der Waals surface area contributed by atoms with Gasteiger partial charge in [-0.1, -0.05) is 29.8 Å². The first-order valence-corrected chi connectivity index (χ1v) is 13.4. The average Bonchev–Trinajstić information content (AvgIpc) is 2.82. The van der Waals surface area contributed by atoms with Crippen LogP contribution in [-0.2, 0) is 20.6 Å². The molecule has 0 aromatic heterocycles. The molecule has 0 saturated carbocycles. The zero-order valence-electron chi connectivity index (χ0n) is 18.9. The van der Waals surface area contributed by atoms with E-state index in [9.17, 15) is 13.2 Å². The number of piperidine rings is 1. The number of sulfonamides is 1. The molecule has 1 amide bonds. The van der Waals surface area contributed by atoms with Crippen molar-refractivity contribution in [1.29, 1.82) is 0 Å². The number of amides is 1. The van der Waals surface area contributed by atoms with Gasteiger partial charge in [-0.25, -0.2) is 12.7 Å². The third-order valence-electron chi connectivity index (χ3n) is 6.52. The van der Waals surface area contributed by atoms with Crippen LogP contribution in [0.15, 0.2) is 48.5 Å². The molecule has 0 atom stereocenters. The molecule has 1 N–H and O–H groups in total. The van der Waals surface area contributed by atoms with Crippen LogP contribution in [0.1, 0.15) is 18.4 Å². The van der Waals surface area contributed by atoms with E-state index in [-0.39, 0.29) is 17.6 Å². The number of anilines is 2. The summed E-state index contributed by atoms with van der Waals surface area (Å²) in [7, 11) is -1.34. The smallest absolute Gasteiger partial charge is 0.227 e. The SMILES string of the molecule is CN1CCN(c2ccc(NC(=O)C3CCN(S(=O)(=O)Cc4ccccc4Cl)CC3)cc2)CC1. The first-order chi connectivity index (χ1) is 15.8. The van der Waals surface area contributed by atoms with Crippen LogP contribution in [0.25, 0.3) is 0 Å². The fraction of sp³-hybridized carbons (Fsp3) is 0.458. The topological polar surface area (TPSA) is 73.0 Å². The zero-order valence-corrected chi connectivity index (χ0v) is 20.5. The summed E-state index contributed by atoms with van der Waals surface area (Å²) in [6.07, 6.45) is 1.01. The van der Waals surface area contributed by atoms with E-state index in [0.717, 1.165) is 37.6 Å². The van der Waals surface area contributed by atoms with Crippen molar-refractivity contribution < 1.29 is 13.2 Å². The molecule has 0 spiro atoms. The number of rotatable bonds is 6. The third-order valence-corrected chi connectivity index (χ3v) is 8.71. The minimum Gasteiger partial charge on any atom is -0.369 e. The molecule has 4 rings (SSSR count). The summed E-state index contributed by atoms with van der Waals surface area (Å²) in [5.74, 6) is -0.372. The van der Waals surface area contributed by atoms with Gasteiger partial charge in [-0.15, -0.1) is 0 Å². The number of nitrogens with zero attached hydrogens (tertiary/aromatic N) is 3. The largest absolute Gasteiger partial charge is 0.369 e. The van der Waals surface area contributed by atoms with Gasteiger partial charge in [0.25, 0.3) is 0 Å². The first-order valence-electron chi connectivity index (χ1n) is 11.4. The summed E-state index contributed by atoms with van der Waals surface area (Å²) in [4.78, 5) is 17.4. The summed E-state index contributed by atoms with van der Waals surface area (Å²) >= 11 is 6.13. The maximum absolute atomic E-state index is 12.8. The van der Waals surface area contributed by atoms with E-state index in [2.05, 4.69) is 22.2 Å². The first kappa shape index (κ1) is 24.0. The fourth-order valence-corrected chi connectivity index (χ4v) is 6.24. The highest BCUT2D eigenvalue weighted by molar-refractivity contribution is 7.88. The minimum absolute atomic E-state index is 0.0505. The standard InChI is InChI=1S/C24H31ClN4O3S/c1-27-14-16-28(17-15-27)22-8-6-21(7-9-22)26-24(30)19-10-12-29(13-11-19)33(31,32)18-20-4-2-3-5-23(20)25/h2-9,19H,10-18H2,1H3,(H,26,30). The molecule has 33 heavy (non-hydrogen) atoms. The maximum Gasteiger partial charge on any atom is 0.227 e. The van der Waals surface area contributed by atoms with Crippen LogP contribution in [0.5, 0.6) is 0 Å². The Hall–Kier alpha value is -2.13. The molecule has 2 aromatic carbocycles. The third kappa shape index (κ3) is 6.06. The fourth-order valence-electron chi connectivity index (χ4n) is 4.36. The van der Waals surface area contributed by atoms with Crippen molar-refractivity contribution in [3.05, 3.63) is 59.1 Å². The quantitative estimate of drug-likeness (QED) is 0.672. The monoisotopic (exact) mass is 490 g/mol. The number of hydrogen-bond donors (Lipinski definition) is 1. The minimum atomic E-state index is -3.48. The van der Waals surface area contributed by atoms with Crippen molar-refractivity contribution in [2.24, 2.45) is 5.92 Å². The number of benzene rings is 2. The molecule has 2 aromatic rings. The molecule has 2 aliphatic heterocycles. The van der Waals surface area contributed by atoms with Crippen molar-refractivity contribution in [1.82, 2.24) is 9.21 Å². The van der Waals surface area contributed by atoms with Crippen molar-refractivity contribution in [2.45, 2.75) is 18.6 Å². The molecule has 0 bridgehead atoms. The normalized spacial score (nSPS) is 18.9. The molecule has 2 fully saturated rings. The van der Waals surface area contributed by atoms with E-state index in [1.165, 1.54) is 4.31 Å². The van der Waals surface area contributed by atoms with Gasteiger partial charge in [0.1, 0.15) is 0 Å². The number of hydrogen-bond acceptors (Lipinski definition) is 5. The molecule has 2 heterocycles. The molecule has 2 aliphatic rings. The number of carbonyl (C=O) groups is 1. The predicted octanol–water partition coefficient (Wildman–Crippen LogP) is 3.27. The lowest BCUT2D eigenvalue weighted by Gasteiger charge is -2.34. The van der Waals surface area contributed by atoms with Gasteiger partial charge in [-0.2, -0.15) is 0 Å². The average molecular weight is 491 g/mol. The highest BCUT2D eigenvalue weighted by Crippen LogP contribution is 2.26. The molecule has 2 saturated heterocycles. The Balaban J connectivity index is 1.28. The van der Waals surface area contributed by atoms with Crippen LogP contribution in [0.3, 0.4) is 0 Å². The van der Waals surface area contributed by atoms with Crippen molar-refractivity contribution in [2.75, 3.05) is 56.5 Å². The molecule has 178 valence electrons. The predicted molar refractivity (Wildman–Crippen MR) is 133 cm³/mol. The Labute approximate surface area is 201 Å². The molecule has 0 radical (unpaired) electrons. The molecule has 0 unspecified atom stereocenters. The van der Waals surface area contributed by atoms with Gasteiger partial charge in [0.15, 0.2) is 0 Å². The number of carbonyl (C=O) groups excluding carboxylic acids is 1. The molecular formula is C24H31ClN4O3S. The van der Waals surface area contributed by atoms with E-state index in [0.29, 0.717) is 36.5 Å². The lowest BCUT2D eigenvalue weighted by molar-refractivity contribution is -0.120. The molecular weight excluding hydrogens is 460 g/mol. The van der Waals surface area contributed by atoms with E-state index in [1.54, 1.807) is 24.3 Å². The van der Waals surface area contributed by atoms with Gasteiger partial charge in [0.2, 0.25) is 15.9 Å². The van der Waals surface area contributed by atoms with Crippen LogP contribution in [0.2, 0.25) is 5.02 Å². The number of halogens is 1. The summed E-state index contributed by atoms with van der Waals surface area (Å²) in [6.45, 7) is 4.78. The van der Waals surface area contributed by atoms with Crippen molar-refractivity contribution in [3.8, 4) is 0 Å². The lowest BCUT2D eigenvalue weighted by Crippen LogP contribution is -2.44. The van der Waals surface area contributed by atoms with Gasteiger partial charge in [0.05, 0.1) is 5.75 Å². The lowest BCUT2D eigenvalue weighted by atomic mass is 9.97. The summed E-state index contributed by atoms with van der Waals surface area (Å²) in [6, 6.07) is 15.0. The van der Waals surface area contributed by atoms with E-state index in [1.807, 2.05) is 24.3 Å². The summed E-state index contributed by atoms with van der Waals surface area (Å²) < 4.78 is 27.1. The van der Waals surface area contributed by atoms with E-state index in [4.69, 9.17) is 11.6 Å². The van der Waals surface area contributed by atoms with Crippen LogP contribution in [0, 0.1) is 5.92 Å². The Morgan fingerprint density at radius 1 is 0.970 bits per heavy atom. The van der Waals surface area contributed by atoms with Crippen LogP contribution in [0.4, 0.5) is 11.4 Å². The highest BCUT2D eigenvalue weighted by atomic mass is 35.5. The number of nitrogens with one attached hydrogen (secondary N) is 1. The van der Waals surface area contributed by atoms with Gasteiger partial charge in [-0.05, 0) is 55.8 Å². The van der Waals surface area contributed by atoms with Gasteiger partial charge in [0, 0.05) is 61.6 Å². The van der Waals surface area contributed by atoms with E-state index < -0.39 is 10.0 Å². The molecule has 0 aliphatic carbocycles. The second kappa shape index (κ2) is 10.4. The van der Waals surface area contributed by atoms with Crippen LogP contribution >= 0.6 is 11.6 Å². The molecule has 9 heteroatoms. The Bertz CT molecular complexity index is 1060. The summed E-state index contributed by atoms with van der Waals surface area (Å²) in [5, 5.41) is 3.45. The van der Waals surface area contributed by atoms with Crippen LogP contribution < -0.4 is 10.2 Å². The van der Waals surface area contributed by atoms with Crippen molar-refractivity contribution in [3.63, 3.8) is 0 Å². The second-order valence-corrected chi connectivity index (χ2v) is 11.2. The second-order valence-electron chi connectivity index (χ2n) is 8.85. The van der Waals surface area contributed by atoms with Gasteiger partial charge in [-0.3, -0.25) is 4.79 Å². The van der Waals surface area contributed by atoms with Crippen LogP contribution in [-0.4, -0.2) is 69.8 Å². The summed E-state index contributed by atoms with van der Waals surface area (Å²) in [5.41, 5.74) is 2.53. The van der Waals surface area contributed by atoms with Gasteiger partial charge >= 0.3 is 0 Å². The Kier molecular flexibility index (Phi) is 7.58. The van der Waals surface area contributed by atoms with Gasteiger partial charge < -0.3 is 15.1 Å². The molecule has 7 nitrogen and oxygen atoms in total. The Morgan fingerprint density at radius 3 is 2.24 bits per heavy atom. The number of likely N-dealkylation sites (N-methyl/N-ethyl adjacent to an activating group) is 1. The van der Waals surface area contributed by atoms with E-state index >= 15 is 0 Å². The maximum atomic E-state index is 12.8. The Morgan fingerprint density at radius 2 is 1.61 bits per heavy atom. The zero-order chi connectivity index (χ0) is 23.4.